The van der Waals surface area contributed by atoms with Crippen LogP contribution in [0.15, 0.2) is 12.1 Å². The van der Waals surface area contributed by atoms with Crippen LogP contribution in [-0.2, 0) is 4.79 Å². The number of halogens is 1. The number of hydrogen-bond donors (Lipinski definition) is 1. The summed E-state index contributed by atoms with van der Waals surface area (Å²) in [6, 6.07) is 2.13. The molecule has 0 heterocycles. The Bertz CT molecular complexity index is 404. The fourth-order valence-electron chi connectivity index (χ4n) is 1.21. The summed E-state index contributed by atoms with van der Waals surface area (Å²) < 4.78 is 17.9. The minimum atomic E-state index is -0.610. The molecule has 0 bridgehead atoms. The van der Waals surface area contributed by atoms with Crippen LogP contribution in [0.1, 0.15) is 17.3 Å². The van der Waals surface area contributed by atoms with Crippen molar-refractivity contribution in [3.63, 3.8) is 0 Å². The minimum absolute atomic E-state index is 0.0567. The molecule has 0 spiro atoms. The molecule has 0 aliphatic rings. The number of ether oxygens (including phenoxy) is 1. The molecule has 1 aromatic carbocycles. The van der Waals surface area contributed by atoms with E-state index in [-0.39, 0.29) is 22.9 Å². The zero-order valence-electron chi connectivity index (χ0n) is 8.33. The van der Waals surface area contributed by atoms with Crippen LogP contribution in [0.3, 0.4) is 0 Å². The molecule has 80 valence electrons. The summed E-state index contributed by atoms with van der Waals surface area (Å²) in [6.07, 6.45) is 0.466. The van der Waals surface area contributed by atoms with E-state index in [4.69, 9.17) is 4.74 Å². The van der Waals surface area contributed by atoms with Gasteiger partial charge in [0, 0.05) is 13.0 Å². The first-order chi connectivity index (χ1) is 7.08. The summed E-state index contributed by atoms with van der Waals surface area (Å²) in [6.45, 7) is 1.28. The highest BCUT2D eigenvalue weighted by molar-refractivity contribution is 5.93. The highest BCUT2D eigenvalue weighted by atomic mass is 19.1. The van der Waals surface area contributed by atoms with Crippen molar-refractivity contribution in [3.05, 3.63) is 23.5 Å². The Labute approximate surface area is 86.0 Å². The molecule has 0 aliphatic heterocycles. The Hall–Kier alpha value is -1.91. The van der Waals surface area contributed by atoms with Gasteiger partial charge in [-0.2, -0.15) is 0 Å². The Morgan fingerprint density at radius 2 is 2.20 bits per heavy atom. The molecule has 0 unspecified atom stereocenters. The van der Waals surface area contributed by atoms with Crippen LogP contribution in [0.2, 0.25) is 0 Å². The lowest BCUT2D eigenvalue weighted by molar-refractivity contribution is -0.114. The number of nitrogens with one attached hydrogen (secondary N) is 1. The number of carbonyl (C=O) groups is 2. The third-order valence-corrected chi connectivity index (χ3v) is 1.72. The highest BCUT2D eigenvalue weighted by Crippen LogP contribution is 2.28. The Morgan fingerprint density at radius 1 is 1.53 bits per heavy atom. The average Bonchev–Trinajstić information content (AvgIpc) is 2.15. The second kappa shape index (κ2) is 4.54. The summed E-state index contributed by atoms with van der Waals surface area (Å²) in [5.74, 6) is -0.820. The van der Waals surface area contributed by atoms with Gasteiger partial charge in [-0.3, -0.25) is 9.59 Å². The molecule has 0 saturated heterocycles. The lowest BCUT2D eigenvalue weighted by atomic mass is 10.2. The van der Waals surface area contributed by atoms with Crippen molar-refractivity contribution in [1.82, 2.24) is 0 Å². The molecule has 0 atom stereocenters. The van der Waals surface area contributed by atoms with Crippen LogP contribution in [0.4, 0.5) is 10.1 Å². The summed E-state index contributed by atoms with van der Waals surface area (Å²) in [4.78, 5) is 21.4. The average molecular weight is 211 g/mol. The fraction of sp³-hybridized carbons (Fsp3) is 0.200. The Morgan fingerprint density at radius 3 is 2.67 bits per heavy atom. The summed E-state index contributed by atoms with van der Waals surface area (Å²) >= 11 is 0. The fourth-order valence-corrected chi connectivity index (χ4v) is 1.21. The lowest BCUT2D eigenvalue weighted by Crippen LogP contribution is -2.08. The van der Waals surface area contributed by atoms with Gasteiger partial charge in [0.1, 0.15) is 5.82 Å². The topological polar surface area (TPSA) is 55.4 Å². The van der Waals surface area contributed by atoms with Gasteiger partial charge in [0.05, 0.1) is 18.4 Å². The first kappa shape index (κ1) is 11.2. The monoisotopic (exact) mass is 211 g/mol. The quantitative estimate of drug-likeness (QED) is 0.772. The van der Waals surface area contributed by atoms with Gasteiger partial charge in [0.15, 0.2) is 12.0 Å². The summed E-state index contributed by atoms with van der Waals surface area (Å²) in [5.41, 5.74) is 0.202. The summed E-state index contributed by atoms with van der Waals surface area (Å²) in [5, 5.41) is 2.38. The number of carbonyl (C=O) groups excluding carboxylic acids is 2. The number of anilines is 1. The van der Waals surface area contributed by atoms with Crippen molar-refractivity contribution in [1.29, 1.82) is 0 Å². The van der Waals surface area contributed by atoms with Gasteiger partial charge in [-0.1, -0.05) is 0 Å². The van der Waals surface area contributed by atoms with Gasteiger partial charge in [0.25, 0.3) is 0 Å². The number of hydrogen-bond acceptors (Lipinski definition) is 3. The number of rotatable bonds is 3. The van der Waals surface area contributed by atoms with Crippen molar-refractivity contribution in [3.8, 4) is 5.75 Å². The zero-order chi connectivity index (χ0) is 11.4. The van der Waals surface area contributed by atoms with Crippen LogP contribution in [-0.4, -0.2) is 19.3 Å². The summed E-state index contributed by atoms with van der Waals surface area (Å²) in [7, 11) is 1.34. The van der Waals surface area contributed by atoms with E-state index in [2.05, 4.69) is 5.32 Å². The van der Waals surface area contributed by atoms with E-state index >= 15 is 0 Å². The second-order valence-electron chi connectivity index (χ2n) is 2.87. The normalized spacial score (nSPS) is 9.53. The van der Waals surface area contributed by atoms with Crippen molar-refractivity contribution in [2.75, 3.05) is 12.4 Å². The molecule has 1 amide bonds. The van der Waals surface area contributed by atoms with Crippen molar-refractivity contribution >= 4 is 17.9 Å². The third-order valence-electron chi connectivity index (χ3n) is 1.72. The molecule has 1 rings (SSSR count). The highest BCUT2D eigenvalue weighted by Gasteiger charge is 2.12. The minimum Gasteiger partial charge on any atom is -0.494 e. The second-order valence-corrected chi connectivity index (χ2v) is 2.87. The predicted molar refractivity (Wildman–Crippen MR) is 52.6 cm³/mol. The molecular formula is C10H10FNO3. The van der Waals surface area contributed by atoms with Gasteiger partial charge in [0.2, 0.25) is 5.91 Å². The van der Waals surface area contributed by atoms with Gasteiger partial charge < -0.3 is 10.1 Å². The smallest absolute Gasteiger partial charge is 0.221 e. The third kappa shape index (κ3) is 2.52. The van der Waals surface area contributed by atoms with Crippen molar-refractivity contribution < 1.29 is 18.7 Å². The van der Waals surface area contributed by atoms with Gasteiger partial charge in [-0.05, 0) is 6.07 Å². The molecule has 5 heteroatoms. The van der Waals surface area contributed by atoms with Gasteiger partial charge >= 0.3 is 0 Å². The maximum absolute atomic E-state index is 13.0. The Balaban J connectivity index is 3.28. The van der Waals surface area contributed by atoms with E-state index in [1.54, 1.807) is 0 Å². The van der Waals surface area contributed by atoms with Crippen LogP contribution >= 0.6 is 0 Å². The lowest BCUT2D eigenvalue weighted by Gasteiger charge is -2.10. The predicted octanol–water partition coefficient (Wildman–Crippen LogP) is 1.61. The molecule has 0 aliphatic carbocycles. The van der Waals surface area contributed by atoms with E-state index in [1.807, 2.05) is 0 Å². The number of amides is 1. The molecule has 4 nitrogen and oxygen atoms in total. The molecular weight excluding hydrogens is 201 g/mol. The van der Waals surface area contributed by atoms with Crippen LogP contribution < -0.4 is 10.1 Å². The van der Waals surface area contributed by atoms with E-state index in [0.717, 1.165) is 12.1 Å². The standard InChI is InChI=1S/C10H10FNO3/c1-6(14)12-9-4-8(11)3-7(5-13)10(9)15-2/h3-5H,1-2H3,(H,12,14). The molecule has 1 N–H and O–H groups in total. The molecule has 15 heavy (non-hydrogen) atoms. The number of benzene rings is 1. The van der Waals surface area contributed by atoms with Gasteiger partial charge in [-0.25, -0.2) is 4.39 Å². The SMILES string of the molecule is COc1c(C=O)cc(F)cc1NC(C)=O. The first-order valence-corrected chi connectivity index (χ1v) is 4.18. The largest absolute Gasteiger partial charge is 0.494 e. The molecule has 0 saturated carbocycles. The van der Waals surface area contributed by atoms with Crippen molar-refractivity contribution in [2.24, 2.45) is 0 Å². The molecule has 1 aromatic rings. The van der Waals surface area contributed by atoms with E-state index in [0.29, 0.717) is 6.29 Å². The maximum Gasteiger partial charge on any atom is 0.221 e. The Kier molecular flexibility index (Phi) is 3.38. The molecule has 0 fully saturated rings. The van der Waals surface area contributed by atoms with Crippen LogP contribution in [0.25, 0.3) is 0 Å². The maximum atomic E-state index is 13.0. The van der Waals surface area contributed by atoms with E-state index in [1.165, 1.54) is 14.0 Å². The zero-order valence-corrected chi connectivity index (χ0v) is 8.33. The number of aldehydes is 1. The first-order valence-electron chi connectivity index (χ1n) is 4.18. The van der Waals surface area contributed by atoms with E-state index in [9.17, 15) is 14.0 Å². The van der Waals surface area contributed by atoms with Gasteiger partial charge in [-0.15, -0.1) is 0 Å². The van der Waals surface area contributed by atoms with Crippen LogP contribution in [0, 0.1) is 5.82 Å². The number of methoxy groups -OCH3 is 1. The van der Waals surface area contributed by atoms with Crippen LogP contribution in [0.5, 0.6) is 5.75 Å². The van der Waals surface area contributed by atoms with Crippen molar-refractivity contribution in [2.45, 2.75) is 6.92 Å². The van der Waals surface area contributed by atoms with E-state index < -0.39 is 5.82 Å². The molecule has 0 radical (unpaired) electrons. The molecule has 0 aromatic heterocycles.